The lowest BCUT2D eigenvalue weighted by atomic mass is 10.0. The van der Waals surface area contributed by atoms with Gasteiger partial charge in [-0.2, -0.15) is 0 Å². The molecule has 0 spiro atoms. The van der Waals surface area contributed by atoms with E-state index in [1.807, 2.05) is 6.07 Å². The van der Waals surface area contributed by atoms with E-state index in [9.17, 15) is 14.4 Å². The standard InChI is InChI=1S/C18H15NO4/c20-16-10-14(18(22)23)11-19(16)15-8-4-7-13(9-15)17(21)12-5-2-1-3-6-12/h1-9,14H,10-11H2,(H,22,23). The molecule has 1 fully saturated rings. The number of rotatable bonds is 4. The van der Waals surface area contributed by atoms with Crippen molar-refractivity contribution in [3.63, 3.8) is 0 Å². The number of amides is 1. The third-order valence-electron chi connectivity index (χ3n) is 3.93. The number of carboxylic acid groups (broad SMARTS) is 1. The van der Waals surface area contributed by atoms with Crippen molar-refractivity contribution < 1.29 is 19.5 Å². The van der Waals surface area contributed by atoms with Gasteiger partial charge in [0.25, 0.3) is 0 Å². The minimum atomic E-state index is -0.975. The van der Waals surface area contributed by atoms with Crippen LogP contribution in [0.2, 0.25) is 0 Å². The number of carbonyl (C=O) groups is 3. The van der Waals surface area contributed by atoms with Gasteiger partial charge in [0.1, 0.15) is 0 Å². The first-order valence-electron chi connectivity index (χ1n) is 7.29. The van der Waals surface area contributed by atoms with E-state index in [-0.39, 0.29) is 24.7 Å². The summed E-state index contributed by atoms with van der Waals surface area (Å²) in [7, 11) is 0. The third kappa shape index (κ3) is 2.99. The van der Waals surface area contributed by atoms with E-state index in [0.29, 0.717) is 16.8 Å². The van der Waals surface area contributed by atoms with Crippen LogP contribution in [-0.4, -0.2) is 29.3 Å². The number of carboxylic acids is 1. The van der Waals surface area contributed by atoms with Gasteiger partial charge >= 0.3 is 5.97 Å². The fraction of sp³-hybridized carbons (Fsp3) is 0.167. The highest BCUT2D eigenvalue weighted by molar-refractivity contribution is 6.10. The van der Waals surface area contributed by atoms with E-state index in [4.69, 9.17) is 5.11 Å². The van der Waals surface area contributed by atoms with Gasteiger partial charge in [-0.15, -0.1) is 0 Å². The molecule has 1 amide bonds. The largest absolute Gasteiger partial charge is 0.481 e. The Kier molecular flexibility index (Phi) is 3.93. The summed E-state index contributed by atoms with van der Waals surface area (Å²) in [5, 5.41) is 9.05. The summed E-state index contributed by atoms with van der Waals surface area (Å²) in [6, 6.07) is 15.6. The average Bonchev–Trinajstić information content (AvgIpc) is 2.97. The molecule has 1 atom stereocenters. The lowest BCUT2D eigenvalue weighted by molar-refractivity contribution is -0.141. The minimum Gasteiger partial charge on any atom is -0.481 e. The first-order valence-corrected chi connectivity index (χ1v) is 7.29. The fourth-order valence-electron chi connectivity index (χ4n) is 2.69. The number of hydrogen-bond donors (Lipinski definition) is 1. The van der Waals surface area contributed by atoms with E-state index in [1.54, 1.807) is 48.5 Å². The van der Waals surface area contributed by atoms with Crippen molar-refractivity contribution in [2.24, 2.45) is 5.92 Å². The second-order valence-corrected chi connectivity index (χ2v) is 5.49. The molecule has 1 aliphatic heterocycles. The number of hydrogen-bond acceptors (Lipinski definition) is 3. The first-order chi connectivity index (χ1) is 11.1. The van der Waals surface area contributed by atoms with Crippen LogP contribution < -0.4 is 4.90 Å². The van der Waals surface area contributed by atoms with E-state index >= 15 is 0 Å². The predicted molar refractivity (Wildman–Crippen MR) is 84.4 cm³/mol. The Labute approximate surface area is 133 Å². The Morgan fingerprint density at radius 2 is 1.70 bits per heavy atom. The quantitative estimate of drug-likeness (QED) is 0.880. The first kappa shape index (κ1) is 15.0. The van der Waals surface area contributed by atoms with E-state index in [0.717, 1.165) is 0 Å². The van der Waals surface area contributed by atoms with Gasteiger partial charge < -0.3 is 10.0 Å². The molecule has 0 saturated carbocycles. The van der Waals surface area contributed by atoms with Gasteiger partial charge in [-0.25, -0.2) is 0 Å². The van der Waals surface area contributed by atoms with Gasteiger partial charge in [0, 0.05) is 29.8 Å². The molecule has 2 aromatic carbocycles. The molecule has 1 N–H and O–H groups in total. The molecule has 23 heavy (non-hydrogen) atoms. The summed E-state index contributed by atoms with van der Waals surface area (Å²) in [6.07, 6.45) is -0.00775. The summed E-state index contributed by atoms with van der Waals surface area (Å²) >= 11 is 0. The summed E-state index contributed by atoms with van der Waals surface area (Å²) in [4.78, 5) is 37.0. The number of ketones is 1. The van der Waals surface area contributed by atoms with Crippen molar-refractivity contribution in [3.05, 3.63) is 65.7 Å². The lowest BCUT2D eigenvalue weighted by Gasteiger charge is -2.17. The van der Waals surface area contributed by atoms with Crippen LogP contribution in [-0.2, 0) is 9.59 Å². The molecule has 0 radical (unpaired) electrons. The van der Waals surface area contributed by atoms with Crippen LogP contribution >= 0.6 is 0 Å². The SMILES string of the molecule is O=C(c1ccccc1)c1cccc(N2CC(C(=O)O)CC2=O)c1. The molecule has 116 valence electrons. The molecule has 3 rings (SSSR count). The molecule has 1 saturated heterocycles. The number of carbonyl (C=O) groups excluding carboxylic acids is 2. The smallest absolute Gasteiger partial charge is 0.308 e. The van der Waals surface area contributed by atoms with Crippen molar-refractivity contribution >= 4 is 23.3 Å². The molecule has 5 nitrogen and oxygen atoms in total. The zero-order chi connectivity index (χ0) is 16.4. The number of anilines is 1. The van der Waals surface area contributed by atoms with Crippen LogP contribution in [0.3, 0.4) is 0 Å². The lowest BCUT2D eigenvalue weighted by Crippen LogP contribution is -2.26. The zero-order valence-electron chi connectivity index (χ0n) is 12.3. The average molecular weight is 309 g/mol. The van der Waals surface area contributed by atoms with Crippen LogP contribution in [0.15, 0.2) is 54.6 Å². The summed E-state index contributed by atoms with van der Waals surface area (Å²) < 4.78 is 0. The van der Waals surface area contributed by atoms with Crippen LogP contribution in [0.5, 0.6) is 0 Å². The molecular formula is C18H15NO4. The highest BCUT2D eigenvalue weighted by Crippen LogP contribution is 2.26. The Morgan fingerprint density at radius 1 is 1.00 bits per heavy atom. The highest BCUT2D eigenvalue weighted by Gasteiger charge is 2.35. The van der Waals surface area contributed by atoms with Crippen molar-refractivity contribution in [1.82, 2.24) is 0 Å². The van der Waals surface area contributed by atoms with Gasteiger partial charge in [-0.05, 0) is 12.1 Å². The number of nitrogens with zero attached hydrogens (tertiary/aromatic N) is 1. The Bertz CT molecular complexity index is 770. The Balaban J connectivity index is 1.87. The normalized spacial score (nSPS) is 17.3. The number of aliphatic carboxylic acids is 1. The van der Waals surface area contributed by atoms with E-state index < -0.39 is 11.9 Å². The van der Waals surface area contributed by atoms with Crippen molar-refractivity contribution in [2.45, 2.75) is 6.42 Å². The van der Waals surface area contributed by atoms with Gasteiger partial charge in [0.2, 0.25) is 5.91 Å². The topological polar surface area (TPSA) is 74.7 Å². The number of benzene rings is 2. The van der Waals surface area contributed by atoms with Gasteiger partial charge in [-0.3, -0.25) is 14.4 Å². The molecule has 0 aliphatic carbocycles. The highest BCUT2D eigenvalue weighted by atomic mass is 16.4. The third-order valence-corrected chi connectivity index (χ3v) is 3.93. The molecule has 0 bridgehead atoms. The summed E-state index contributed by atoms with van der Waals surface area (Å²) in [6.45, 7) is 0.136. The predicted octanol–water partition coefficient (Wildman–Crippen LogP) is 2.36. The van der Waals surface area contributed by atoms with Crippen molar-refractivity contribution in [2.75, 3.05) is 11.4 Å². The van der Waals surface area contributed by atoms with E-state index in [2.05, 4.69) is 0 Å². The van der Waals surface area contributed by atoms with Crippen molar-refractivity contribution in [3.8, 4) is 0 Å². The van der Waals surface area contributed by atoms with Crippen LogP contribution in [0, 0.1) is 5.92 Å². The maximum atomic E-state index is 12.5. The maximum absolute atomic E-state index is 12.5. The van der Waals surface area contributed by atoms with Crippen LogP contribution in [0.25, 0.3) is 0 Å². The van der Waals surface area contributed by atoms with Gasteiger partial charge in [0.05, 0.1) is 5.92 Å². The van der Waals surface area contributed by atoms with Crippen molar-refractivity contribution in [1.29, 1.82) is 0 Å². The van der Waals surface area contributed by atoms with E-state index in [1.165, 1.54) is 4.90 Å². The fourth-order valence-corrected chi connectivity index (χ4v) is 2.69. The molecular weight excluding hydrogens is 294 g/mol. The monoisotopic (exact) mass is 309 g/mol. The molecule has 0 aromatic heterocycles. The second-order valence-electron chi connectivity index (χ2n) is 5.49. The molecule has 1 aliphatic rings. The maximum Gasteiger partial charge on any atom is 0.308 e. The zero-order valence-corrected chi connectivity index (χ0v) is 12.3. The second kappa shape index (κ2) is 6.04. The molecule has 1 unspecified atom stereocenters. The Hall–Kier alpha value is -2.95. The van der Waals surface area contributed by atoms with Gasteiger partial charge in [-0.1, -0.05) is 42.5 Å². The molecule has 1 heterocycles. The van der Waals surface area contributed by atoms with Gasteiger partial charge in [0.15, 0.2) is 5.78 Å². The van der Waals surface area contributed by atoms with Crippen LogP contribution in [0.1, 0.15) is 22.3 Å². The molecule has 5 heteroatoms. The Morgan fingerprint density at radius 3 is 2.35 bits per heavy atom. The minimum absolute atomic E-state index is 0.00775. The van der Waals surface area contributed by atoms with Crippen LogP contribution in [0.4, 0.5) is 5.69 Å². The molecule has 2 aromatic rings. The summed E-state index contributed by atoms with van der Waals surface area (Å²) in [5.41, 5.74) is 1.60. The summed E-state index contributed by atoms with van der Waals surface area (Å²) in [5.74, 6) is -2.04.